The van der Waals surface area contributed by atoms with Gasteiger partial charge in [0, 0.05) is 13.1 Å². The fraction of sp³-hybridized carbons (Fsp3) is 0.355. The number of aryl methyl sites for hydroxylation is 1. The molecule has 8 nitrogen and oxygen atoms in total. The smallest absolute Gasteiger partial charge is 0.264 e. The molecule has 0 aliphatic carbocycles. The van der Waals surface area contributed by atoms with Crippen LogP contribution in [-0.4, -0.2) is 50.9 Å². The van der Waals surface area contributed by atoms with Gasteiger partial charge in [0.05, 0.1) is 27.2 Å². The molecule has 3 aromatic rings. The third-order valence-electron chi connectivity index (χ3n) is 6.66. The molecule has 226 valence electrons. The van der Waals surface area contributed by atoms with Crippen molar-refractivity contribution in [2.24, 2.45) is 0 Å². The Hall–Kier alpha value is -3.27. The Bertz CT molecular complexity index is 1460. The largest absolute Gasteiger partial charge is 0.494 e. The maximum Gasteiger partial charge on any atom is 0.264 e. The first-order chi connectivity index (χ1) is 20.0. The van der Waals surface area contributed by atoms with Gasteiger partial charge in [-0.3, -0.25) is 13.9 Å². The zero-order valence-corrected chi connectivity index (χ0v) is 26.6. The minimum absolute atomic E-state index is 0.0137. The number of hydrogen-bond donors (Lipinski definition) is 1. The Kier molecular flexibility index (Phi) is 12.1. The van der Waals surface area contributed by atoms with Gasteiger partial charge in [0.2, 0.25) is 11.8 Å². The number of anilines is 1. The molecule has 3 aromatic carbocycles. The second-order valence-electron chi connectivity index (χ2n) is 9.84. The van der Waals surface area contributed by atoms with Crippen LogP contribution in [0.5, 0.6) is 5.75 Å². The maximum absolute atomic E-state index is 14.0. The molecule has 1 N–H and O–H groups in total. The van der Waals surface area contributed by atoms with Crippen molar-refractivity contribution in [2.75, 3.05) is 24.0 Å². The molecule has 0 radical (unpaired) electrons. The summed E-state index contributed by atoms with van der Waals surface area (Å²) in [5.41, 5.74) is 1.82. The monoisotopic (exact) mass is 633 g/mol. The molecule has 0 saturated carbocycles. The lowest BCUT2D eigenvalue weighted by molar-refractivity contribution is -0.139. The van der Waals surface area contributed by atoms with Crippen LogP contribution in [0.1, 0.15) is 44.7 Å². The Morgan fingerprint density at radius 2 is 1.62 bits per heavy atom. The summed E-state index contributed by atoms with van der Waals surface area (Å²) in [6.45, 7) is 7.73. The zero-order chi connectivity index (χ0) is 30.9. The number of ether oxygens (including phenoxy) is 1. The SMILES string of the molecule is CCCCNC(=O)[C@H](C)N(Cc1ccc(Cl)c(Cl)c1)C(=O)CN(c1ccc(OCC)cc1)S(=O)(=O)c1ccc(C)cc1. The Labute approximate surface area is 258 Å². The molecule has 0 fully saturated rings. The van der Waals surface area contributed by atoms with Crippen LogP contribution in [0.2, 0.25) is 10.0 Å². The van der Waals surface area contributed by atoms with E-state index >= 15 is 0 Å². The van der Waals surface area contributed by atoms with Gasteiger partial charge in [0.25, 0.3) is 10.0 Å². The first-order valence-corrected chi connectivity index (χ1v) is 16.0. The van der Waals surface area contributed by atoms with E-state index in [2.05, 4.69) is 5.32 Å². The van der Waals surface area contributed by atoms with Crippen LogP contribution in [0, 0.1) is 6.92 Å². The molecule has 0 unspecified atom stereocenters. The number of rotatable bonds is 14. The maximum atomic E-state index is 14.0. The van der Waals surface area contributed by atoms with Crippen molar-refractivity contribution in [3.63, 3.8) is 0 Å². The third kappa shape index (κ3) is 8.63. The minimum Gasteiger partial charge on any atom is -0.494 e. The van der Waals surface area contributed by atoms with Crippen molar-refractivity contribution in [1.29, 1.82) is 0 Å². The summed E-state index contributed by atoms with van der Waals surface area (Å²) in [6.07, 6.45) is 1.69. The molecule has 2 amide bonds. The van der Waals surface area contributed by atoms with Gasteiger partial charge in [-0.15, -0.1) is 0 Å². The summed E-state index contributed by atoms with van der Waals surface area (Å²) in [7, 11) is -4.17. The fourth-order valence-electron chi connectivity index (χ4n) is 4.19. The number of carbonyl (C=O) groups is 2. The molecular weight excluding hydrogens is 597 g/mol. The predicted molar refractivity (Wildman–Crippen MR) is 168 cm³/mol. The van der Waals surface area contributed by atoms with Crippen molar-refractivity contribution >= 4 is 50.7 Å². The Balaban J connectivity index is 2.02. The Morgan fingerprint density at radius 1 is 0.952 bits per heavy atom. The molecule has 42 heavy (non-hydrogen) atoms. The van der Waals surface area contributed by atoms with Gasteiger partial charge >= 0.3 is 0 Å². The van der Waals surface area contributed by atoms with Crippen molar-refractivity contribution in [3.05, 3.63) is 87.9 Å². The van der Waals surface area contributed by atoms with E-state index in [1.54, 1.807) is 61.5 Å². The summed E-state index contributed by atoms with van der Waals surface area (Å²) in [5, 5.41) is 3.52. The average molecular weight is 635 g/mol. The van der Waals surface area contributed by atoms with Gasteiger partial charge in [-0.05, 0) is 81.3 Å². The third-order valence-corrected chi connectivity index (χ3v) is 9.18. The molecule has 0 saturated heterocycles. The quantitative estimate of drug-likeness (QED) is 0.212. The molecule has 0 spiro atoms. The minimum atomic E-state index is -4.17. The number of nitrogens with zero attached hydrogens (tertiary/aromatic N) is 2. The second kappa shape index (κ2) is 15.3. The molecule has 1 atom stereocenters. The van der Waals surface area contributed by atoms with Crippen molar-refractivity contribution in [2.45, 2.75) is 58.0 Å². The van der Waals surface area contributed by atoms with Crippen LogP contribution >= 0.6 is 23.2 Å². The summed E-state index contributed by atoms with van der Waals surface area (Å²) < 4.78 is 34.5. The lowest BCUT2D eigenvalue weighted by atomic mass is 10.1. The van der Waals surface area contributed by atoms with E-state index in [4.69, 9.17) is 27.9 Å². The van der Waals surface area contributed by atoms with Crippen molar-refractivity contribution < 1.29 is 22.7 Å². The van der Waals surface area contributed by atoms with E-state index in [1.165, 1.54) is 17.0 Å². The predicted octanol–water partition coefficient (Wildman–Crippen LogP) is 6.23. The highest BCUT2D eigenvalue weighted by Gasteiger charge is 2.32. The van der Waals surface area contributed by atoms with Gasteiger partial charge in [-0.25, -0.2) is 8.42 Å². The van der Waals surface area contributed by atoms with E-state index in [-0.39, 0.29) is 23.0 Å². The van der Waals surface area contributed by atoms with Crippen LogP contribution < -0.4 is 14.4 Å². The normalized spacial score (nSPS) is 12.0. The molecule has 0 aliphatic rings. The number of benzene rings is 3. The number of nitrogens with one attached hydrogen (secondary N) is 1. The lowest BCUT2D eigenvalue weighted by Gasteiger charge is -2.32. The summed E-state index contributed by atoms with van der Waals surface area (Å²) in [4.78, 5) is 28.5. The highest BCUT2D eigenvalue weighted by molar-refractivity contribution is 7.92. The van der Waals surface area contributed by atoms with E-state index in [9.17, 15) is 18.0 Å². The van der Waals surface area contributed by atoms with E-state index < -0.39 is 28.5 Å². The summed E-state index contributed by atoms with van der Waals surface area (Å²) >= 11 is 12.3. The Morgan fingerprint density at radius 3 is 2.21 bits per heavy atom. The molecular formula is C31H37Cl2N3O5S. The molecule has 0 heterocycles. The van der Waals surface area contributed by atoms with E-state index in [0.29, 0.717) is 34.5 Å². The summed E-state index contributed by atoms with van der Waals surface area (Å²) in [6, 6.07) is 17.0. The van der Waals surface area contributed by atoms with E-state index in [0.717, 1.165) is 22.7 Å². The standard InChI is InChI=1S/C31H37Cl2N3O5S/c1-5-7-18-34-31(38)23(4)35(20-24-10-17-28(32)29(33)19-24)30(37)21-36(25-11-13-26(14-12-25)41-6-2)42(39,40)27-15-8-22(3)9-16-27/h8-17,19,23H,5-7,18,20-21H2,1-4H3,(H,34,38)/t23-/m0/s1. The molecule has 0 aliphatic heterocycles. The van der Waals surface area contributed by atoms with Gasteiger partial charge in [0.1, 0.15) is 18.3 Å². The number of halogens is 2. The zero-order valence-electron chi connectivity index (χ0n) is 24.3. The highest BCUT2D eigenvalue weighted by Crippen LogP contribution is 2.28. The number of amides is 2. The number of carbonyl (C=O) groups excluding carboxylic acids is 2. The molecule has 0 bridgehead atoms. The number of unbranched alkanes of at least 4 members (excludes halogenated alkanes) is 1. The van der Waals surface area contributed by atoms with Crippen LogP contribution in [-0.2, 0) is 26.2 Å². The second-order valence-corrected chi connectivity index (χ2v) is 12.5. The van der Waals surface area contributed by atoms with Crippen LogP contribution in [0.25, 0.3) is 0 Å². The highest BCUT2D eigenvalue weighted by atomic mass is 35.5. The topological polar surface area (TPSA) is 96.0 Å². The fourth-order valence-corrected chi connectivity index (χ4v) is 5.93. The number of hydrogen-bond acceptors (Lipinski definition) is 5. The van der Waals surface area contributed by atoms with Crippen LogP contribution in [0.15, 0.2) is 71.6 Å². The van der Waals surface area contributed by atoms with Gasteiger partial charge in [-0.1, -0.05) is 60.3 Å². The van der Waals surface area contributed by atoms with Crippen molar-refractivity contribution in [1.82, 2.24) is 10.2 Å². The van der Waals surface area contributed by atoms with Crippen molar-refractivity contribution in [3.8, 4) is 5.75 Å². The molecule has 11 heteroatoms. The molecule has 3 rings (SSSR count). The van der Waals surface area contributed by atoms with Crippen LogP contribution in [0.3, 0.4) is 0 Å². The van der Waals surface area contributed by atoms with Gasteiger partial charge < -0.3 is 15.0 Å². The van der Waals surface area contributed by atoms with E-state index in [1.807, 2.05) is 20.8 Å². The summed E-state index contributed by atoms with van der Waals surface area (Å²) in [5.74, 6) is -0.339. The average Bonchev–Trinajstić information content (AvgIpc) is 2.97. The molecule has 0 aromatic heterocycles. The number of sulfonamides is 1. The first-order valence-electron chi connectivity index (χ1n) is 13.8. The lowest BCUT2D eigenvalue weighted by Crippen LogP contribution is -2.51. The van der Waals surface area contributed by atoms with Gasteiger partial charge in [0.15, 0.2) is 0 Å². The van der Waals surface area contributed by atoms with Crippen LogP contribution in [0.4, 0.5) is 5.69 Å². The first kappa shape index (κ1) is 33.2. The van der Waals surface area contributed by atoms with Gasteiger partial charge in [-0.2, -0.15) is 0 Å².